The Morgan fingerprint density at radius 1 is 1.29 bits per heavy atom. The number of hydrogen-bond donors (Lipinski definition) is 1. The maximum absolute atomic E-state index is 12.4. The maximum atomic E-state index is 12.4. The first-order valence-corrected chi connectivity index (χ1v) is 7.54. The van der Waals surface area contributed by atoms with Crippen molar-refractivity contribution in [3.05, 3.63) is 51.9 Å². The molecule has 21 heavy (non-hydrogen) atoms. The Hall–Kier alpha value is -1.05. The lowest BCUT2D eigenvalue weighted by molar-refractivity contribution is 0.0789. The number of carbonyl (C=O) groups excluding carboxylic acids is 1. The minimum absolute atomic E-state index is 0. The van der Waals surface area contributed by atoms with Crippen LogP contribution >= 0.6 is 35.0 Å². The molecule has 1 aromatic carbocycles. The van der Waals surface area contributed by atoms with Crippen molar-refractivity contribution in [1.29, 1.82) is 0 Å². The molecule has 2 rings (SSSR count). The molecule has 0 atom stereocenters. The number of carbonyl (C=O) groups is 1. The summed E-state index contributed by atoms with van der Waals surface area (Å²) in [5.41, 5.74) is 1.69. The summed E-state index contributed by atoms with van der Waals surface area (Å²) < 4.78 is 3.10. The molecule has 0 bridgehead atoms. The van der Waals surface area contributed by atoms with Crippen molar-refractivity contribution < 1.29 is 4.79 Å². The maximum Gasteiger partial charge on any atom is 0.270 e. The normalized spacial score (nSPS) is 10.0. The van der Waals surface area contributed by atoms with Crippen molar-refractivity contribution in [2.75, 3.05) is 27.2 Å². The van der Waals surface area contributed by atoms with Crippen molar-refractivity contribution in [1.82, 2.24) is 14.8 Å². The lowest BCUT2D eigenvalue weighted by Gasteiger charge is -2.18. The zero-order valence-corrected chi connectivity index (χ0v) is 15.0. The van der Waals surface area contributed by atoms with E-state index in [-0.39, 0.29) is 18.3 Å². The second-order valence-corrected chi connectivity index (χ2v) is 5.82. The number of rotatable bonds is 5. The second kappa shape index (κ2) is 8.41. The lowest BCUT2D eigenvalue weighted by Crippen LogP contribution is -2.33. The van der Waals surface area contributed by atoms with Crippen molar-refractivity contribution in [2.45, 2.75) is 0 Å². The Morgan fingerprint density at radius 3 is 2.57 bits per heavy atom. The van der Waals surface area contributed by atoms with Gasteiger partial charge in [0.2, 0.25) is 0 Å². The summed E-state index contributed by atoms with van der Waals surface area (Å²) in [5, 5.41) is 3.05. The third kappa shape index (κ3) is 4.46. The predicted molar refractivity (Wildman–Crippen MR) is 96.6 cm³/mol. The molecule has 0 spiro atoms. The van der Waals surface area contributed by atoms with Crippen LogP contribution in [0.3, 0.4) is 0 Å². The van der Waals surface area contributed by atoms with Gasteiger partial charge >= 0.3 is 0 Å². The van der Waals surface area contributed by atoms with E-state index in [9.17, 15) is 4.79 Å². The van der Waals surface area contributed by atoms with Crippen LogP contribution in [0.1, 0.15) is 10.5 Å². The van der Waals surface area contributed by atoms with Gasteiger partial charge in [0.15, 0.2) is 0 Å². The van der Waals surface area contributed by atoms with Crippen LogP contribution in [-0.4, -0.2) is 42.6 Å². The Bertz CT molecular complexity index is 583. The quantitative estimate of drug-likeness (QED) is 0.757. The van der Waals surface area contributed by atoms with Crippen molar-refractivity contribution >= 4 is 40.9 Å². The summed E-state index contributed by atoms with van der Waals surface area (Å²) in [4.78, 5) is 14.2. The van der Waals surface area contributed by atoms with Gasteiger partial charge in [0.1, 0.15) is 5.69 Å². The van der Waals surface area contributed by atoms with E-state index >= 15 is 0 Å². The van der Waals surface area contributed by atoms with Crippen LogP contribution in [0.25, 0.3) is 5.69 Å². The van der Waals surface area contributed by atoms with Crippen molar-refractivity contribution in [3.63, 3.8) is 0 Å². The van der Waals surface area contributed by atoms with Crippen LogP contribution in [0, 0.1) is 3.57 Å². The van der Waals surface area contributed by atoms with Crippen molar-refractivity contribution in [2.24, 2.45) is 0 Å². The number of hydrogen-bond acceptors (Lipinski definition) is 2. The molecule has 0 saturated carbocycles. The molecule has 0 aliphatic heterocycles. The van der Waals surface area contributed by atoms with Crippen LogP contribution < -0.4 is 5.32 Å². The molecular weight excluding hydrogens is 401 g/mol. The molecule has 1 N–H and O–H groups in total. The third-order valence-electron chi connectivity index (χ3n) is 3.12. The zero-order valence-electron chi connectivity index (χ0n) is 12.0. The molecule has 0 fully saturated rings. The highest BCUT2D eigenvalue weighted by Crippen LogP contribution is 2.16. The topological polar surface area (TPSA) is 37.3 Å². The smallest absolute Gasteiger partial charge is 0.270 e. The van der Waals surface area contributed by atoms with Gasteiger partial charge in [-0.1, -0.05) is 0 Å². The van der Waals surface area contributed by atoms with Crippen molar-refractivity contribution in [3.8, 4) is 5.69 Å². The molecular formula is C15H19ClIN3O. The van der Waals surface area contributed by atoms with Gasteiger partial charge in [0, 0.05) is 35.6 Å². The molecule has 0 unspecified atom stereocenters. The third-order valence-corrected chi connectivity index (χ3v) is 3.84. The SMILES string of the molecule is CNCCN(C)C(=O)c1cccn1-c1ccc(I)cc1.Cl. The van der Waals surface area contributed by atoms with Gasteiger partial charge in [-0.2, -0.15) is 0 Å². The molecule has 4 nitrogen and oxygen atoms in total. The largest absolute Gasteiger partial charge is 0.339 e. The number of nitrogens with zero attached hydrogens (tertiary/aromatic N) is 2. The monoisotopic (exact) mass is 419 g/mol. The van der Waals surface area contributed by atoms with Gasteiger partial charge in [-0.05, 0) is 66.0 Å². The number of nitrogens with one attached hydrogen (secondary N) is 1. The zero-order chi connectivity index (χ0) is 14.5. The van der Waals surface area contributed by atoms with Gasteiger partial charge in [-0.25, -0.2) is 0 Å². The van der Waals surface area contributed by atoms with Crippen LogP contribution in [0.4, 0.5) is 0 Å². The summed E-state index contributed by atoms with van der Waals surface area (Å²) in [6.07, 6.45) is 1.92. The Kier molecular flexibility index (Phi) is 7.21. The summed E-state index contributed by atoms with van der Waals surface area (Å²) in [5.74, 6) is 0.0313. The highest BCUT2D eigenvalue weighted by molar-refractivity contribution is 14.1. The molecule has 0 saturated heterocycles. The van der Waals surface area contributed by atoms with E-state index in [1.807, 2.05) is 61.3 Å². The molecule has 1 aromatic heterocycles. The van der Waals surface area contributed by atoms with Gasteiger partial charge in [-0.3, -0.25) is 4.79 Å². The van der Waals surface area contributed by atoms with Gasteiger partial charge in [0.05, 0.1) is 0 Å². The molecule has 2 aromatic rings. The standard InChI is InChI=1S/C15H18IN3O.ClH/c1-17-9-11-18(2)15(20)14-4-3-10-19(14)13-7-5-12(16)6-8-13;/h3-8,10,17H,9,11H2,1-2H3;1H. The van der Waals surface area contributed by atoms with E-state index in [2.05, 4.69) is 27.9 Å². The summed E-state index contributed by atoms with van der Waals surface area (Å²) >= 11 is 2.27. The number of halogens is 2. The average molecular weight is 420 g/mol. The van der Waals surface area contributed by atoms with Crippen LogP contribution in [0.2, 0.25) is 0 Å². The van der Waals surface area contributed by atoms with Gasteiger partial charge in [0.25, 0.3) is 5.91 Å². The van der Waals surface area contributed by atoms with Gasteiger partial charge in [-0.15, -0.1) is 12.4 Å². The number of likely N-dealkylation sites (N-methyl/N-ethyl adjacent to an activating group) is 2. The van der Waals surface area contributed by atoms with E-state index in [1.165, 1.54) is 3.57 Å². The van der Waals surface area contributed by atoms with E-state index in [0.29, 0.717) is 12.2 Å². The minimum atomic E-state index is 0. The first-order valence-electron chi connectivity index (χ1n) is 6.47. The summed E-state index contributed by atoms with van der Waals surface area (Å²) in [6, 6.07) is 11.9. The van der Waals surface area contributed by atoms with E-state index in [0.717, 1.165) is 12.2 Å². The predicted octanol–water partition coefficient (Wildman–Crippen LogP) is 2.80. The highest BCUT2D eigenvalue weighted by Gasteiger charge is 2.15. The molecule has 0 radical (unpaired) electrons. The van der Waals surface area contributed by atoms with E-state index in [1.54, 1.807) is 4.90 Å². The fourth-order valence-corrected chi connectivity index (χ4v) is 2.32. The molecule has 114 valence electrons. The Balaban J connectivity index is 0.00000220. The molecule has 1 heterocycles. The molecule has 1 amide bonds. The van der Waals surface area contributed by atoms with Gasteiger partial charge < -0.3 is 14.8 Å². The number of benzene rings is 1. The fraction of sp³-hybridized carbons (Fsp3) is 0.267. The first kappa shape index (κ1) is 18.0. The average Bonchev–Trinajstić information content (AvgIpc) is 2.94. The summed E-state index contributed by atoms with van der Waals surface area (Å²) in [7, 11) is 3.71. The first-order chi connectivity index (χ1) is 9.63. The Labute approximate surface area is 145 Å². The molecule has 0 aliphatic rings. The van der Waals surface area contributed by atoms with E-state index in [4.69, 9.17) is 0 Å². The minimum Gasteiger partial charge on any atom is -0.339 e. The summed E-state index contributed by atoms with van der Waals surface area (Å²) in [6.45, 7) is 1.47. The fourth-order valence-electron chi connectivity index (χ4n) is 1.96. The van der Waals surface area contributed by atoms with E-state index < -0.39 is 0 Å². The number of aromatic nitrogens is 1. The molecule has 6 heteroatoms. The van der Waals surface area contributed by atoms with Crippen LogP contribution in [0.15, 0.2) is 42.6 Å². The second-order valence-electron chi connectivity index (χ2n) is 4.57. The highest BCUT2D eigenvalue weighted by atomic mass is 127. The Morgan fingerprint density at radius 2 is 1.95 bits per heavy atom. The van der Waals surface area contributed by atoms with Crippen LogP contribution in [-0.2, 0) is 0 Å². The van der Waals surface area contributed by atoms with Crippen LogP contribution in [0.5, 0.6) is 0 Å². The number of amides is 1. The lowest BCUT2D eigenvalue weighted by atomic mass is 10.3. The molecule has 0 aliphatic carbocycles.